The second-order valence-corrected chi connectivity index (χ2v) is 9.89. The zero-order valence-corrected chi connectivity index (χ0v) is 18.0. The number of nitrogens with zero attached hydrogens (tertiary/aromatic N) is 1. The van der Waals surface area contributed by atoms with Gasteiger partial charge in [0.25, 0.3) is 0 Å². The lowest BCUT2D eigenvalue weighted by Gasteiger charge is -2.20. The lowest BCUT2D eigenvalue weighted by atomic mass is 10.1. The monoisotopic (exact) mass is 391 g/mol. The fraction of sp³-hybridized carbons (Fsp3) is 0.524. The Kier molecular flexibility index (Phi) is 7.25. The lowest BCUT2D eigenvalue weighted by Crippen LogP contribution is -2.36. The molecule has 150 valence electrons. The second kappa shape index (κ2) is 9.04. The fourth-order valence-electron chi connectivity index (χ4n) is 3.06. The van der Waals surface area contributed by atoms with E-state index in [9.17, 15) is 8.42 Å². The van der Waals surface area contributed by atoms with E-state index in [1.54, 1.807) is 6.07 Å². The molecule has 0 aromatic heterocycles. The Balaban J connectivity index is 2.00. The van der Waals surface area contributed by atoms with Gasteiger partial charge >= 0.3 is 0 Å². The number of rotatable bonds is 9. The van der Waals surface area contributed by atoms with Crippen molar-refractivity contribution in [3.05, 3.63) is 36.4 Å². The van der Waals surface area contributed by atoms with Crippen LogP contribution in [0.25, 0.3) is 10.8 Å². The number of hydrogen-bond acceptors (Lipinski definition) is 4. The van der Waals surface area contributed by atoms with Gasteiger partial charge in [0.1, 0.15) is 0 Å². The van der Waals surface area contributed by atoms with Crippen LogP contribution in [0, 0.1) is 0 Å². The molecule has 0 saturated carbocycles. The molecule has 0 aliphatic rings. The van der Waals surface area contributed by atoms with Gasteiger partial charge in [-0.05, 0) is 52.3 Å². The summed E-state index contributed by atoms with van der Waals surface area (Å²) >= 11 is 0. The molecule has 2 aromatic carbocycles. The maximum absolute atomic E-state index is 12.8. The lowest BCUT2D eigenvalue weighted by molar-refractivity contribution is 0.417. The van der Waals surface area contributed by atoms with Crippen LogP contribution >= 0.6 is 0 Å². The van der Waals surface area contributed by atoms with Crippen LogP contribution in [0.4, 0.5) is 5.69 Å². The molecule has 2 N–H and O–H groups in total. The van der Waals surface area contributed by atoms with Crippen LogP contribution in [0.15, 0.2) is 41.3 Å². The van der Waals surface area contributed by atoms with E-state index in [-0.39, 0.29) is 5.54 Å². The van der Waals surface area contributed by atoms with Crippen molar-refractivity contribution >= 4 is 26.5 Å². The maximum Gasteiger partial charge on any atom is 0.241 e. The van der Waals surface area contributed by atoms with Crippen molar-refractivity contribution < 1.29 is 8.42 Å². The molecule has 0 spiro atoms. The summed E-state index contributed by atoms with van der Waals surface area (Å²) in [7, 11) is 0.393. The normalized spacial score (nSPS) is 12.5. The summed E-state index contributed by atoms with van der Waals surface area (Å²) in [6.07, 6.45) is 2.87. The first-order chi connectivity index (χ1) is 12.6. The molecule has 0 amide bonds. The number of anilines is 1. The van der Waals surface area contributed by atoms with Crippen LogP contribution in [-0.2, 0) is 10.0 Å². The van der Waals surface area contributed by atoms with Crippen molar-refractivity contribution in [2.24, 2.45) is 0 Å². The molecule has 0 unspecified atom stereocenters. The number of hydrogen-bond donors (Lipinski definition) is 2. The van der Waals surface area contributed by atoms with Gasteiger partial charge < -0.3 is 10.2 Å². The first kappa shape index (κ1) is 21.7. The van der Waals surface area contributed by atoms with E-state index in [0.717, 1.165) is 42.3 Å². The van der Waals surface area contributed by atoms with Crippen LogP contribution in [0.5, 0.6) is 0 Å². The molecule has 2 rings (SSSR count). The molecular formula is C21H33N3O2S. The Bertz CT molecular complexity index is 855. The van der Waals surface area contributed by atoms with Crippen LogP contribution in [0.1, 0.15) is 40.0 Å². The highest BCUT2D eigenvalue weighted by Gasteiger charge is 2.18. The standard InChI is InChI=1S/C21H33N3O2S/c1-21(2,3)22-15-7-6-8-16-23-27(25,26)20-14-10-11-17-18(20)12-9-13-19(17)24(4)5/h9-14,22-23H,6-8,15-16H2,1-5H3. The third kappa shape index (κ3) is 6.19. The van der Waals surface area contributed by atoms with Crippen molar-refractivity contribution in [1.82, 2.24) is 10.0 Å². The smallest absolute Gasteiger partial charge is 0.241 e. The zero-order chi connectivity index (χ0) is 20.1. The Labute approximate surface area is 164 Å². The molecule has 0 bridgehead atoms. The summed E-state index contributed by atoms with van der Waals surface area (Å²) in [6.45, 7) is 7.85. The summed E-state index contributed by atoms with van der Waals surface area (Å²) < 4.78 is 28.4. The molecule has 27 heavy (non-hydrogen) atoms. The summed E-state index contributed by atoms with van der Waals surface area (Å²) in [5, 5.41) is 5.15. The van der Waals surface area contributed by atoms with Crippen LogP contribution < -0.4 is 14.9 Å². The molecule has 0 fully saturated rings. The van der Waals surface area contributed by atoms with Gasteiger partial charge in [-0.2, -0.15) is 0 Å². The number of sulfonamides is 1. The molecule has 6 heteroatoms. The van der Waals surface area contributed by atoms with Gasteiger partial charge in [0.15, 0.2) is 0 Å². The molecule has 0 aliphatic carbocycles. The molecule has 0 aliphatic heterocycles. The van der Waals surface area contributed by atoms with E-state index in [1.807, 2.05) is 49.3 Å². The first-order valence-corrected chi connectivity index (χ1v) is 11.0. The van der Waals surface area contributed by atoms with Crippen molar-refractivity contribution in [2.75, 3.05) is 32.1 Å². The molecular weight excluding hydrogens is 358 g/mol. The summed E-state index contributed by atoms with van der Waals surface area (Å²) in [5.74, 6) is 0. The van der Waals surface area contributed by atoms with Crippen molar-refractivity contribution in [2.45, 2.75) is 50.5 Å². The highest BCUT2D eigenvalue weighted by Crippen LogP contribution is 2.30. The maximum atomic E-state index is 12.8. The zero-order valence-electron chi connectivity index (χ0n) is 17.2. The van der Waals surface area contributed by atoms with Crippen LogP contribution in [0.2, 0.25) is 0 Å². The van der Waals surface area contributed by atoms with Crippen molar-refractivity contribution in [3.63, 3.8) is 0 Å². The van der Waals surface area contributed by atoms with Gasteiger partial charge in [-0.25, -0.2) is 13.1 Å². The molecule has 0 atom stereocenters. The fourth-order valence-corrected chi connectivity index (χ4v) is 4.36. The highest BCUT2D eigenvalue weighted by molar-refractivity contribution is 7.89. The number of benzene rings is 2. The Morgan fingerprint density at radius 3 is 2.19 bits per heavy atom. The second-order valence-electron chi connectivity index (χ2n) is 8.16. The summed E-state index contributed by atoms with van der Waals surface area (Å²) in [5.41, 5.74) is 1.14. The molecule has 0 heterocycles. The quantitative estimate of drug-likeness (QED) is 0.639. The van der Waals surface area contributed by atoms with E-state index < -0.39 is 10.0 Å². The number of unbranched alkanes of at least 4 members (excludes halogenated alkanes) is 2. The average molecular weight is 392 g/mol. The Morgan fingerprint density at radius 1 is 0.889 bits per heavy atom. The van der Waals surface area contributed by atoms with E-state index >= 15 is 0 Å². The minimum absolute atomic E-state index is 0.126. The minimum Gasteiger partial charge on any atom is -0.377 e. The SMILES string of the molecule is CN(C)c1cccc2c(S(=O)(=O)NCCCCCNC(C)(C)C)cccc12. The van der Waals surface area contributed by atoms with Gasteiger partial charge in [-0.15, -0.1) is 0 Å². The van der Waals surface area contributed by atoms with Gasteiger partial charge in [0.2, 0.25) is 10.0 Å². The van der Waals surface area contributed by atoms with Crippen LogP contribution in [-0.4, -0.2) is 41.1 Å². The third-order valence-corrected chi connectivity index (χ3v) is 5.95. The van der Waals surface area contributed by atoms with E-state index in [4.69, 9.17) is 0 Å². The summed E-state index contributed by atoms with van der Waals surface area (Å²) in [6, 6.07) is 11.2. The van der Waals surface area contributed by atoms with Crippen LogP contribution in [0.3, 0.4) is 0 Å². The van der Waals surface area contributed by atoms with E-state index in [0.29, 0.717) is 11.4 Å². The molecule has 0 radical (unpaired) electrons. The van der Waals surface area contributed by atoms with E-state index in [2.05, 4.69) is 30.8 Å². The third-order valence-electron chi connectivity index (χ3n) is 4.43. The average Bonchev–Trinajstić information content (AvgIpc) is 2.58. The number of fused-ring (bicyclic) bond motifs is 1. The predicted molar refractivity (Wildman–Crippen MR) is 115 cm³/mol. The van der Waals surface area contributed by atoms with Gasteiger partial charge in [0.05, 0.1) is 4.90 Å². The molecule has 0 saturated heterocycles. The van der Waals surface area contributed by atoms with E-state index in [1.165, 1.54) is 0 Å². The molecule has 2 aromatic rings. The Morgan fingerprint density at radius 2 is 1.52 bits per heavy atom. The Hall–Kier alpha value is -1.63. The van der Waals surface area contributed by atoms with Gasteiger partial charge in [-0.1, -0.05) is 30.7 Å². The first-order valence-electron chi connectivity index (χ1n) is 9.55. The largest absolute Gasteiger partial charge is 0.377 e. The topological polar surface area (TPSA) is 61.4 Å². The van der Waals surface area contributed by atoms with Crippen molar-refractivity contribution in [1.29, 1.82) is 0 Å². The van der Waals surface area contributed by atoms with Crippen molar-refractivity contribution in [3.8, 4) is 0 Å². The number of nitrogens with one attached hydrogen (secondary N) is 2. The summed E-state index contributed by atoms with van der Waals surface area (Å²) in [4.78, 5) is 2.34. The van der Waals surface area contributed by atoms with Gasteiger partial charge in [-0.3, -0.25) is 0 Å². The molecule has 5 nitrogen and oxygen atoms in total. The highest BCUT2D eigenvalue weighted by atomic mass is 32.2. The predicted octanol–water partition coefficient (Wildman–Crippen LogP) is 3.74. The van der Waals surface area contributed by atoms with Gasteiger partial charge in [0, 0.05) is 42.6 Å². The minimum atomic E-state index is -3.53.